The van der Waals surface area contributed by atoms with Gasteiger partial charge < -0.3 is 16.0 Å². The van der Waals surface area contributed by atoms with E-state index in [1.165, 1.54) is 0 Å². The monoisotopic (exact) mass is 137 g/mol. The van der Waals surface area contributed by atoms with Crippen molar-refractivity contribution in [2.45, 2.75) is 6.04 Å². The molecule has 0 spiro atoms. The molecule has 0 heterocycles. The molecule has 4 nitrogen and oxygen atoms in total. The van der Waals surface area contributed by atoms with Crippen LogP contribution in [0.2, 0.25) is 0 Å². The summed E-state index contributed by atoms with van der Waals surface area (Å²) in [4.78, 5) is 0. The van der Waals surface area contributed by atoms with Gasteiger partial charge in [-0.2, -0.15) is 0 Å². The summed E-state index contributed by atoms with van der Waals surface area (Å²) in [5.74, 6) is -0.0451. The van der Waals surface area contributed by atoms with Crippen molar-refractivity contribution in [2.24, 2.45) is 11.5 Å². The molecule has 2 atom stereocenters. The second kappa shape index (κ2) is 3.96. The Balaban J connectivity index is 3.24. The Morgan fingerprint density at radius 1 is 1.75 bits per heavy atom. The maximum Gasteiger partial charge on any atom is 0.0268 e. The standard InChI is InChI=1S/C3H10N2O2S/c4-1-3(5)2-8(6)7/h3H,1-2,4-5H2,(H,6,7)/p-1. The van der Waals surface area contributed by atoms with Crippen molar-refractivity contribution in [1.29, 1.82) is 0 Å². The largest absolute Gasteiger partial charge is 0.772 e. The molecule has 0 aromatic carbocycles. The third kappa shape index (κ3) is 4.20. The lowest BCUT2D eigenvalue weighted by Crippen LogP contribution is -2.34. The lowest BCUT2D eigenvalue weighted by Gasteiger charge is -2.09. The topological polar surface area (TPSA) is 92.2 Å². The number of nitrogens with two attached hydrogens (primary N) is 2. The molecule has 50 valence electrons. The molecule has 0 aromatic heterocycles. The molecule has 0 amide bonds. The molecule has 8 heavy (non-hydrogen) atoms. The van der Waals surface area contributed by atoms with Gasteiger partial charge in [-0.05, 0) is 0 Å². The first kappa shape index (κ1) is 8.03. The van der Waals surface area contributed by atoms with Crippen LogP contribution in [0.5, 0.6) is 0 Å². The minimum absolute atomic E-state index is 0.0451. The van der Waals surface area contributed by atoms with E-state index < -0.39 is 17.1 Å². The first-order valence-electron chi connectivity index (χ1n) is 2.18. The van der Waals surface area contributed by atoms with Gasteiger partial charge >= 0.3 is 0 Å². The van der Waals surface area contributed by atoms with Crippen molar-refractivity contribution >= 4 is 11.1 Å². The summed E-state index contributed by atoms with van der Waals surface area (Å²) < 4.78 is 19.7. The molecule has 4 N–H and O–H groups in total. The molecule has 0 aliphatic rings. The second-order valence-electron chi connectivity index (χ2n) is 1.47. The Labute approximate surface area is 50.5 Å². The van der Waals surface area contributed by atoms with Gasteiger partial charge in [-0.3, -0.25) is 4.21 Å². The zero-order valence-corrected chi connectivity index (χ0v) is 5.19. The van der Waals surface area contributed by atoms with Gasteiger partial charge in [0.2, 0.25) is 0 Å². The lowest BCUT2D eigenvalue weighted by molar-refractivity contribution is 0.530. The van der Waals surface area contributed by atoms with Gasteiger partial charge in [0.05, 0.1) is 0 Å². The van der Waals surface area contributed by atoms with Gasteiger partial charge in [-0.15, -0.1) is 0 Å². The number of hydrogen-bond acceptors (Lipinski definition) is 4. The zero-order valence-electron chi connectivity index (χ0n) is 4.37. The molecular weight excluding hydrogens is 128 g/mol. The molecule has 0 saturated heterocycles. The van der Waals surface area contributed by atoms with E-state index in [1.807, 2.05) is 0 Å². The average Bonchev–Trinajstić information content (AvgIpc) is 1.65. The van der Waals surface area contributed by atoms with Crippen molar-refractivity contribution < 1.29 is 8.76 Å². The van der Waals surface area contributed by atoms with E-state index in [1.54, 1.807) is 0 Å². The Kier molecular flexibility index (Phi) is 3.98. The van der Waals surface area contributed by atoms with E-state index in [2.05, 4.69) is 0 Å². The normalized spacial score (nSPS) is 17.9. The van der Waals surface area contributed by atoms with Crippen molar-refractivity contribution in [1.82, 2.24) is 0 Å². The third-order valence-corrected chi connectivity index (χ3v) is 1.35. The molecule has 0 rings (SSSR count). The lowest BCUT2D eigenvalue weighted by atomic mass is 10.4. The number of hydrogen-bond donors (Lipinski definition) is 2. The summed E-state index contributed by atoms with van der Waals surface area (Å²) in [5, 5.41) is 0. The molecular formula is C3H9N2O2S-. The van der Waals surface area contributed by atoms with Crippen LogP contribution in [-0.2, 0) is 11.1 Å². The van der Waals surface area contributed by atoms with Gasteiger partial charge in [0.1, 0.15) is 0 Å². The van der Waals surface area contributed by atoms with Crippen molar-refractivity contribution in [3.63, 3.8) is 0 Å². The highest BCUT2D eigenvalue weighted by molar-refractivity contribution is 7.79. The average molecular weight is 137 g/mol. The summed E-state index contributed by atoms with van der Waals surface area (Å²) in [5.41, 5.74) is 10.2. The van der Waals surface area contributed by atoms with Gasteiger partial charge in [-0.25, -0.2) is 0 Å². The fourth-order valence-corrected chi connectivity index (χ4v) is 0.729. The highest BCUT2D eigenvalue weighted by Gasteiger charge is 1.95. The van der Waals surface area contributed by atoms with Gasteiger partial charge in [-0.1, -0.05) is 11.1 Å². The Hall–Kier alpha value is 0.0300. The molecule has 0 aliphatic heterocycles. The minimum atomic E-state index is -2.05. The fourth-order valence-electron chi connectivity index (χ4n) is 0.243. The summed E-state index contributed by atoms with van der Waals surface area (Å²) in [7, 11) is 0. The first-order chi connectivity index (χ1) is 3.66. The summed E-state index contributed by atoms with van der Waals surface area (Å²) in [6.45, 7) is 0.216. The molecule has 0 aliphatic carbocycles. The quantitative estimate of drug-likeness (QED) is 0.447. The molecule has 0 radical (unpaired) electrons. The van der Waals surface area contributed by atoms with E-state index in [0.717, 1.165) is 0 Å². The highest BCUT2D eigenvalue weighted by Crippen LogP contribution is 1.77. The van der Waals surface area contributed by atoms with Crippen LogP contribution in [0, 0.1) is 0 Å². The van der Waals surface area contributed by atoms with Crippen LogP contribution in [-0.4, -0.2) is 27.1 Å². The van der Waals surface area contributed by atoms with Crippen LogP contribution in [0.3, 0.4) is 0 Å². The first-order valence-corrected chi connectivity index (χ1v) is 3.42. The van der Waals surface area contributed by atoms with E-state index in [4.69, 9.17) is 11.5 Å². The van der Waals surface area contributed by atoms with Crippen LogP contribution < -0.4 is 11.5 Å². The van der Waals surface area contributed by atoms with E-state index in [0.29, 0.717) is 0 Å². The fraction of sp³-hybridized carbons (Fsp3) is 1.00. The summed E-state index contributed by atoms with van der Waals surface area (Å²) in [6, 6.07) is -0.409. The predicted molar refractivity (Wildman–Crippen MR) is 30.8 cm³/mol. The molecule has 0 bridgehead atoms. The van der Waals surface area contributed by atoms with Crippen LogP contribution in [0.4, 0.5) is 0 Å². The van der Waals surface area contributed by atoms with Crippen LogP contribution in [0.1, 0.15) is 0 Å². The molecule has 2 unspecified atom stereocenters. The predicted octanol–water partition coefficient (Wildman–Crippen LogP) is -1.85. The van der Waals surface area contributed by atoms with Gasteiger partial charge in [0.15, 0.2) is 0 Å². The maximum atomic E-state index is 9.83. The zero-order chi connectivity index (χ0) is 6.57. The Morgan fingerprint density at radius 3 is 2.38 bits per heavy atom. The van der Waals surface area contributed by atoms with Crippen molar-refractivity contribution in [3.8, 4) is 0 Å². The van der Waals surface area contributed by atoms with E-state index >= 15 is 0 Å². The number of rotatable bonds is 3. The molecule has 0 aromatic rings. The van der Waals surface area contributed by atoms with Crippen LogP contribution in [0.25, 0.3) is 0 Å². The highest BCUT2D eigenvalue weighted by atomic mass is 32.2. The SMILES string of the molecule is NCC(N)CS(=O)[O-]. The smallest absolute Gasteiger partial charge is 0.0268 e. The van der Waals surface area contributed by atoms with Crippen molar-refractivity contribution in [2.75, 3.05) is 12.3 Å². The molecule has 0 fully saturated rings. The van der Waals surface area contributed by atoms with Crippen molar-refractivity contribution in [3.05, 3.63) is 0 Å². The van der Waals surface area contributed by atoms with Gasteiger partial charge in [0, 0.05) is 18.3 Å². The molecule has 5 heteroatoms. The third-order valence-electron chi connectivity index (χ3n) is 0.653. The van der Waals surface area contributed by atoms with E-state index in [-0.39, 0.29) is 12.3 Å². The van der Waals surface area contributed by atoms with E-state index in [9.17, 15) is 8.76 Å². The maximum absolute atomic E-state index is 9.83. The minimum Gasteiger partial charge on any atom is -0.772 e. The Morgan fingerprint density at radius 2 is 2.25 bits per heavy atom. The van der Waals surface area contributed by atoms with Crippen LogP contribution >= 0.6 is 0 Å². The molecule has 0 saturated carbocycles. The summed E-state index contributed by atoms with van der Waals surface area (Å²) >= 11 is -2.05. The second-order valence-corrected chi connectivity index (χ2v) is 2.41. The summed E-state index contributed by atoms with van der Waals surface area (Å²) in [6.07, 6.45) is 0. The Bertz CT molecular complexity index is 87.4. The van der Waals surface area contributed by atoms with Crippen LogP contribution in [0.15, 0.2) is 0 Å². The van der Waals surface area contributed by atoms with Gasteiger partial charge in [0.25, 0.3) is 0 Å².